The number of halogens is 1. The Morgan fingerprint density at radius 2 is 1.75 bits per heavy atom. The molecule has 0 fully saturated rings. The van der Waals surface area contributed by atoms with Crippen molar-refractivity contribution in [3.63, 3.8) is 0 Å². The monoisotopic (exact) mass is 391 g/mol. The molecule has 0 aliphatic rings. The predicted octanol–water partition coefficient (Wildman–Crippen LogP) is 2.60. The first-order valence-corrected chi connectivity index (χ1v) is 8.50. The molecular formula is C20H22FNO6. The summed E-state index contributed by atoms with van der Waals surface area (Å²) >= 11 is 0. The molecule has 2 atom stereocenters. The Labute approximate surface area is 161 Å². The summed E-state index contributed by atoms with van der Waals surface area (Å²) in [5.74, 6) is -1.34. The van der Waals surface area contributed by atoms with Crippen molar-refractivity contribution in [1.82, 2.24) is 5.32 Å². The molecule has 150 valence electrons. The van der Waals surface area contributed by atoms with Crippen molar-refractivity contribution >= 4 is 11.9 Å². The number of carboxylic acids is 1. The molecule has 28 heavy (non-hydrogen) atoms. The summed E-state index contributed by atoms with van der Waals surface area (Å²) in [6.07, 6.45) is -1.92. The number of ether oxygens (including phenoxy) is 2. The van der Waals surface area contributed by atoms with Gasteiger partial charge in [0.05, 0.1) is 39.2 Å². The van der Waals surface area contributed by atoms with Gasteiger partial charge in [-0.1, -0.05) is 18.2 Å². The maximum Gasteiger partial charge on any atom is 0.305 e. The van der Waals surface area contributed by atoms with Crippen molar-refractivity contribution in [2.24, 2.45) is 0 Å². The molecule has 2 aromatic carbocycles. The summed E-state index contributed by atoms with van der Waals surface area (Å²) in [4.78, 5) is 23.6. The second-order valence-electron chi connectivity index (χ2n) is 6.11. The van der Waals surface area contributed by atoms with Crippen LogP contribution in [0, 0.1) is 5.82 Å². The van der Waals surface area contributed by atoms with E-state index in [4.69, 9.17) is 9.47 Å². The normalized spacial score (nSPS) is 12.7. The molecule has 2 rings (SSSR count). The van der Waals surface area contributed by atoms with E-state index in [1.165, 1.54) is 32.4 Å². The third-order valence-corrected chi connectivity index (χ3v) is 4.14. The highest BCUT2D eigenvalue weighted by Gasteiger charge is 2.22. The Hall–Kier alpha value is -3.13. The van der Waals surface area contributed by atoms with Gasteiger partial charge in [-0.25, -0.2) is 4.39 Å². The number of nitrogens with one attached hydrogen (secondary N) is 1. The van der Waals surface area contributed by atoms with Gasteiger partial charge in [0.25, 0.3) is 0 Å². The van der Waals surface area contributed by atoms with E-state index in [-0.39, 0.29) is 18.4 Å². The molecule has 1 amide bonds. The van der Waals surface area contributed by atoms with E-state index < -0.39 is 29.8 Å². The van der Waals surface area contributed by atoms with E-state index in [0.29, 0.717) is 17.1 Å². The zero-order chi connectivity index (χ0) is 20.7. The molecule has 2 aromatic rings. The number of benzene rings is 2. The van der Waals surface area contributed by atoms with Crippen molar-refractivity contribution in [3.8, 4) is 11.5 Å². The maximum absolute atomic E-state index is 13.3. The smallest absolute Gasteiger partial charge is 0.305 e. The van der Waals surface area contributed by atoms with Crippen LogP contribution in [-0.2, 0) is 9.59 Å². The van der Waals surface area contributed by atoms with Gasteiger partial charge in [-0.15, -0.1) is 0 Å². The summed E-state index contributed by atoms with van der Waals surface area (Å²) in [6, 6.07) is 9.28. The average molecular weight is 391 g/mol. The zero-order valence-electron chi connectivity index (χ0n) is 15.5. The number of aliphatic hydroxyl groups excluding tert-OH is 1. The highest BCUT2D eigenvalue weighted by molar-refractivity contribution is 5.78. The fourth-order valence-corrected chi connectivity index (χ4v) is 2.76. The number of methoxy groups -OCH3 is 2. The Kier molecular flexibility index (Phi) is 7.34. The lowest BCUT2D eigenvalue weighted by atomic mass is 10.0. The van der Waals surface area contributed by atoms with E-state index >= 15 is 0 Å². The number of hydrogen-bond acceptors (Lipinski definition) is 5. The molecule has 0 radical (unpaired) electrons. The minimum Gasteiger partial charge on any atom is -0.493 e. The number of amides is 1. The fraction of sp³-hybridized carbons (Fsp3) is 0.300. The summed E-state index contributed by atoms with van der Waals surface area (Å²) < 4.78 is 23.6. The standard InChI is InChI=1S/C20H22FNO6/c1-27-17-7-6-12(9-18(17)28-2)15(10-20(25)26)22-19(24)11-16(23)13-4-3-5-14(21)8-13/h3-9,15-16,23H,10-11H2,1-2H3,(H,22,24)(H,25,26). The zero-order valence-corrected chi connectivity index (χ0v) is 15.5. The van der Waals surface area contributed by atoms with Crippen molar-refractivity contribution in [2.45, 2.75) is 25.0 Å². The lowest BCUT2D eigenvalue weighted by Crippen LogP contribution is -2.31. The summed E-state index contributed by atoms with van der Waals surface area (Å²) in [6.45, 7) is 0. The molecule has 0 spiro atoms. The summed E-state index contributed by atoms with van der Waals surface area (Å²) in [5, 5.41) is 21.9. The number of carbonyl (C=O) groups is 2. The van der Waals surface area contributed by atoms with Crippen LogP contribution >= 0.6 is 0 Å². The number of rotatable bonds is 9. The molecule has 0 aromatic heterocycles. The Morgan fingerprint density at radius 3 is 2.36 bits per heavy atom. The van der Waals surface area contributed by atoms with Gasteiger partial charge < -0.3 is 25.0 Å². The molecule has 0 saturated carbocycles. The minimum absolute atomic E-state index is 0.260. The summed E-state index contributed by atoms with van der Waals surface area (Å²) in [5.41, 5.74) is 0.768. The highest BCUT2D eigenvalue weighted by Crippen LogP contribution is 2.31. The largest absolute Gasteiger partial charge is 0.493 e. The van der Waals surface area contributed by atoms with Crippen LogP contribution in [0.15, 0.2) is 42.5 Å². The Balaban J connectivity index is 2.15. The van der Waals surface area contributed by atoms with E-state index in [9.17, 15) is 24.2 Å². The SMILES string of the molecule is COc1ccc(C(CC(=O)O)NC(=O)CC(O)c2cccc(F)c2)cc1OC. The molecule has 7 nitrogen and oxygen atoms in total. The first kappa shape index (κ1) is 21.2. The van der Waals surface area contributed by atoms with Gasteiger partial charge in [0.2, 0.25) is 5.91 Å². The van der Waals surface area contributed by atoms with Gasteiger partial charge in [0, 0.05) is 0 Å². The number of carbonyl (C=O) groups excluding carboxylic acids is 1. The molecule has 0 heterocycles. The van der Waals surface area contributed by atoms with Crippen molar-refractivity contribution < 1.29 is 33.7 Å². The first-order valence-electron chi connectivity index (χ1n) is 8.50. The van der Waals surface area contributed by atoms with Crippen molar-refractivity contribution in [2.75, 3.05) is 14.2 Å². The molecule has 0 bridgehead atoms. The molecule has 3 N–H and O–H groups in total. The van der Waals surface area contributed by atoms with Gasteiger partial charge in [-0.2, -0.15) is 0 Å². The molecular weight excluding hydrogens is 369 g/mol. The van der Waals surface area contributed by atoms with E-state index in [1.807, 2.05) is 0 Å². The van der Waals surface area contributed by atoms with Crippen LogP contribution in [-0.4, -0.2) is 36.3 Å². The topological polar surface area (TPSA) is 105 Å². The van der Waals surface area contributed by atoms with E-state index in [2.05, 4.69) is 5.32 Å². The molecule has 2 unspecified atom stereocenters. The molecule has 0 aliphatic heterocycles. The van der Waals surface area contributed by atoms with E-state index in [1.54, 1.807) is 18.2 Å². The second kappa shape index (κ2) is 9.70. The first-order chi connectivity index (χ1) is 13.3. The van der Waals surface area contributed by atoms with Crippen LogP contribution in [0.25, 0.3) is 0 Å². The number of aliphatic hydroxyl groups is 1. The van der Waals surface area contributed by atoms with Crippen LogP contribution in [0.1, 0.15) is 36.1 Å². The lowest BCUT2D eigenvalue weighted by Gasteiger charge is -2.20. The van der Waals surface area contributed by atoms with Crippen LogP contribution < -0.4 is 14.8 Å². The Morgan fingerprint density at radius 1 is 1.04 bits per heavy atom. The number of hydrogen-bond donors (Lipinski definition) is 3. The van der Waals surface area contributed by atoms with Crippen LogP contribution in [0.2, 0.25) is 0 Å². The van der Waals surface area contributed by atoms with E-state index in [0.717, 1.165) is 6.07 Å². The van der Waals surface area contributed by atoms with Crippen LogP contribution in [0.4, 0.5) is 4.39 Å². The van der Waals surface area contributed by atoms with Crippen LogP contribution in [0.5, 0.6) is 11.5 Å². The summed E-state index contributed by atoms with van der Waals surface area (Å²) in [7, 11) is 2.92. The quantitative estimate of drug-likeness (QED) is 0.607. The molecule has 0 saturated heterocycles. The highest BCUT2D eigenvalue weighted by atomic mass is 19.1. The lowest BCUT2D eigenvalue weighted by molar-refractivity contribution is -0.137. The van der Waals surface area contributed by atoms with Gasteiger partial charge in [-0.3, -0.25) is 9.59 Å². The van der Waals surface area contributed by atoms with Gasteiger partial charge in [0.1, 0.15) is 5.82 Å². The van der Waals surface area contributed by atoms with Crippen LogP contribution in [0.3, 0.4) is 0 Å². The molecule has 0 aliphatic carbocycles. The van der Waals surface area contributed by atoms with Gasteiger partial charge >= 0.3 is 5.97 Å². The fourth-order valence-electron chi connectivity index (χ4n) is 2.76. The second-order valence-corrected chi connectivity index (χ2v) is 6.11. The minimum atomic E-state index is -1.22. The number of aliphatic carboxylic acids is 1. The van der Waals surface area contributed by atoms with Crippen molar-refractivity contribution in [1.29, 1.82) is 0 Å². The maximum atomic E-state index is 13.3. The third-order valence-electron chi connectivity index (χ3n) is 4.14. The van der Waals surface area contributed by atoms with Crippen molar-refractivity contribution in [3.05, 3.63) is 59.4 Å². The Bertz CT molecular complexity index is 841. The number of carboxylic acid groups (broad SMARTS) is 1. The van der Waals surface area contributed by atoms with Gasteiger partial charge in [-0.05, 0) is 35.4 Å². The molecule has 8 heteroatoms. The van der Waals surface area contributed by atoms with Gasteiger partial charge in [0.15, 0.2) is 11.5 Å². The average Bonchev–Trinajstić information content (AvgIpc) is 2.66. The third kappa shape index (κ3) is 5.68. The predicted molar refractivity (Wildman–Crippen MR) is 98.7 cm³/mol.